The number of hydrogen-bond acceptors (Lipinski definition) is 4. The van der Waals surface area contributed by atoms with Gasteiger partial charge in [0.2, 0.25) is 0 Å². The minimum absolute atomic E-state index is 0.0000926. The van der Waals surface area contributed by atoms with E-state index in [-0.39, 0.29) is 11.5 Å². The molecule has 4 heteroatoms. The molecule has 0 amide bonds. The number of methoxy groups -OCH3 is 1. The molecule has 21 heavy (non-hydrogen) atoms. The molecule has 1 unspecified atom stereocenters. The average Bonchev–Trinajstić information content (AvgIpc) is 2.74. The fourth-order valence-corrected chi connectivity index (χ4v) is 3.20. The lowest BCUT2D eigenvalue weighted by molar-refractivity contribution is -0.138. The minimum Gasteiger partial charge on any atom is -0.464 e. The van der Waals surface area contributed by atoms with E-state index >= 15 is 0 Å². The summed E-state index contributed by atoms with van der Waals surface area (Å²) in [5.41, 5.74) is 8.41. The van der Waals surface area contributed by atoms with Gasteiger partial charge in [-0.2, -0.15) is 0 Å². The number of carbonyl (C=O) groups excluding carboxylic acids is 1. The summed E-state index contributed by atoms with van der Waals surface area (Å²) < 4.78 is 4.83. The first-order valence-corrected chi connectivity index (χ1v) is 6.95. The summed E-state index contributed by atoms with van der Waals surface area (Å²) in [6, 6.07) is 8.27. The van der Waals surface area contributed by atoms with Crippen molar-refractivity contribution >= 4 is 5.97 Å². The molecule has 1 aliphatic carbocycles. The Kier molecular flexibility index (Phi) is 4.07. The quantitative estimate of drug-likeness (QED) is 0.683. The van der Waals surface area contributed by atoms with Crippen molar-refractivity contribution < 1.29 is 9.53 Å². The van der Waals surface area contributed by atoms with Gasteiger partial charge >= 0.3 is 5.97 Å². The van der Waals surface area contributed by atoms with E-state index in [0.717, 1.165) is 6.42 Å². The molecule has 0 radical (unpaired) electrons. The lowest BCUT2D eigenvalue weighted by atomic mass is 9.84. The molecule has 2 rings (SSSR count). The highest BCUT2D eigenvalue weighted by Gasteiger charge is 2.43. The van der Waals surface area contributed by atoms with Crippen LogP contribution in [0.1, 0.15) is 31.0 Å². The Morgan fingerprint density at radius 3 is 2.71 bits per heavy atom. The van der Waals surface area contributed by atoms with Crippen molar-refractivity contribution in [1.29, 1.82) is 0 Å². The van der Waals surface area contributed by atoms with E-state index < -0.39 is 5.97 Å². The zero-order valence-electron chi connectivity index (χ0n) is 12.8. The van der Waals surface area contributed by atoms with Crippen LogP contribution in [0.15, 0.2) is 48.9 Å². The van der Waals surface area contributed by atoms with E-state index in [4.69, 9.17) is 10.5 Å². The molecule has 0 bridgehead atoms. The highest BCUT2D eigenvalue weighted by atomic mass is 16.5. The molecule has 0 saturated heterocycles. The van der Waals surface area contributed by atoms with Crippen LogP contribution in [0.2, 0.25) is 0 Å². The van der Waals surface area contributed by atoms with Crippen LogP contribution in [-0.4, -0.2) is 18.0 Å². The third-order valence-electron chi connectivity index (χ3n) is 4.04. The molecule has 112 valence electrons. The Labute approximate surface area is 125 Å². The number of esters is 1. The lowest BCUT2D eigenvalue weighted by Gasteiger charge is -2.37. The molecule has 0 spiro atoms. The van der Waals surface area contributed by atoms with Crippen LogP contribution in [0.5, 0.6) is 0 Å². The molecule has 1 aromatic rings. The van der Waals surface area contributed by atoms with Crippen LogP contribution in [0.3, 0.4) is 0 Å². The molecular formula is C17H22N2O2. The Bertz CT molecular complexity index is 590. The molecule has 0 aromatic heterocycles. The summed E-state index contributed by atoms with van der Waals surface area (Å²) in [6.45, 7) is 8.21. The summed E-state index contributed by atoms with van der Waals surface area (Å²) in [5.74, 6) is -0.461. The molecule has 0 heterocycles. The first-order chi connectivity index (χ1) is 9.96. The van der Waals surface area contributed by atoms with Crippen molar-refractivity contribution in [3.05, 3.63) is 60.1 Å². The second-order valence-corrected chi connectivity index (χ2v) is 5.90. The standard InChI is InChI=1S/C17H22N2O2/c1-5-19(14(11-18)16(20)21-4)15-13-9-7-6-8-12(13)10-17(15,2)3/h5-9,11,15H,1,10,18H2,2-4H3/b14-11-. The second kappa shape index (κ2) is 5.64. The molecule has 0 saturated carbocycles. The predicted octanol–water partition coefficient (Wildman–Crippen LogP) is 2.73. The van der Waals surface area contributed by atoms with Crippen LogP contribution >= 0.6 is 0 Å². The maximum absolute atomic E-state index is 12.0. The Morgan fingerprint density at radius 2 is 2.14 bits per heavy atom. The fourth-order valence-electron chi connectivity index (χ4n) is 3.20. The first-order valence-electron chi connectivity index (χ1n) is 6.95. The van der Waals surface area contributed by atoms with Gasteiger partial charge in [0.05, 0.1) is 13.2 Å². The third-order valence-corrected chi connectivity index (χ3v) is 4.04. The minimum atomic E-state index is -0.461. The summed E-state index contributed by atoms with van der Waals surface area (Å²) in [5, 5.41) is 0. The number of hydrogen-bond donors (Lipinski definition) is 1. The van der Waals surface area contributed by atoms with Gasteiger partial charge in [-0.05, 0) is 29.2 Å². The molecule has 0 aliphatic heterocycles. The number of benzene rings is 1. The Hall–Kier alpha value is -2.23. The van der Waals surface area contributed by atoms with E-state index in [9.17, 15) is 4.79 Å². The average molecular weight is 286 g/mol. The number of rotatable bonds is 4. The van der Waals surface area contributed by atoms with Gasteiger partial charge in [-0.15, -0.1) is 0 Å². The molecule has 1 aliphatic rings. The third kappa shape index (κ3) is 2.53. The lowest BCUT2D eigenvalue weighted by Crippen LogP contribution is -2.35. The van der Waals surface area contributed by atoms with Crippen molar-refractivity contribution in [2.24, 2.45) is 11.1 Å². The van der Waals surface area contributed by atoms with Crippen LogP contribution in [-0.2, 0) is 16.0 Å². The van der Waals surface area contributed by atoms with Crippen molar-refractivity contribution in [3.8, 4) is 0 Å². The first kappa shape index (κ1) is 15.2. The molecule has 2 N–H and O–H groups in total. The van der Waals surface area contributed by atoms with Crippen LogP contribution in [0.4, 0.5) is 0 Å². The number of nitrogens with two attached hydrogens (primary N) is 1. The second-order valence-electron chi connectivity index (χ2n) is 5.90. The molecular weight excluding hydrogens is 264 g/mol. The predicted molar refractivity (Wildman–Crippen MR) is 83.0 cm³/mol. The van der Waals surface area contributed by atoms with Gasteiger partial charge in [0.15, 0.2) is 0 Å². The van der Waals surface area contributed by atoms with Gasteiger partial charge in [0.25, 0.3) is 0 Å². The highest BCUT2D eigenvalue weighted by Crippen LogP contribution is 2.49. The molecule has 0 fully saturated rings. The van der Waals surface area contributed by atoms with Gasteiger partial charge in [-0.25, -0.2) is 4.79 Å². The summed E-state index contributed by atoms with van der Waals surface area (Å²) in [6.07, 6.45) is 3.87. The van der Waals surface area contributed by atoms with Gasteiger partial charge in [0, 0.05) is 6.20 Å². The zero-order valence-corrected chi connectivity index (χ0v) is 12.8. The van der Waals surface area contributed by atoms with Crippen molar-refractivity contribution in [2.45, 2.75) is 26.3 Å². The summed E-state index contributed by atoms with van der Waals surface area (Å²) in [7, 11) is 1.35. The van der Waals surface area contributed by atoms with E-state index in [1.54, 1.807) is 6.20 Å². The Morgan fingerprint density at radius 1 is 1.48 bits per heavy atom. The SMILES string of the molecule is C=CN(/C(=C\N)C(=O)OC)C1c2ccccc2CC1(C)C. The van der Waals surface area contributed by atoms with Crippen molar-refractivity contribution in [3.63, 3.8) is 0 Å². The van der Waals surface area contributed by atoms with E-state index in [2.05, 4.69) is 32.6 Å². The topological polar surface area (TPSA) is 55.6 Å². The largest absolute Gasteiger partial charge is 0.464 e. The van der Waals surface area contributed by atoms with E-state index in [0.29, 0.717) is 5.70 Å². The normalized spacial score (nSPS) is 19.8. The smallest absolute Gasteiger partial charge is 0.356 e. The van der Waals surface area contributed by atoms with Gasteiger partial charge < -0.3 is 15.4 Å². The highest BCUT2D eigenvalue weighted by molar-refractivity contribution is 5.87. The van der Waals surface area contributed by atoms with E-state index in [1.165, 1.54) is 24.4 Å². The van der Waals surface area contributed by atoms with Crippen LogP contribution < -0.4 is 5.73 Å². The maximum Gasteiger partial charge on any atom is 0.356 e. The van der Waals surface area contributed by atoms with Crippen LogP contribution in [0, 0.1) is 5.41 Å². The number of nitrogens with zero attached hydrogens (tertiary/aromatic N) is 1. The number of ether oxygens (including phenoxy) is 1. The van der Waals surface area contributed by atoms with Gasteiger partial charge in [-0.1, -0.05) is 44.7 Å². The monoisotopic (exact) mass is 286 g/mol. The fraction of sp³-hybridized carbons (Fsp3) is 0.353. The van der Waals surface area contributed by atoms with Crippen LogP contribution in [0.25, 0.3) is 0 Å². The zero-order chi connectivity index (χ0) is 15.6. The number of carbonyl (C=O) groups is 1. The number of fused-ring (bicyclic) bond motifs is 1. The molecule has 1 atom stereocenters. The summed E-state index contributed by atoms with van der Waals surface area (Å²) in [4.78, 5) is 13.8. The summed E-state index contributed by atoms with van der Waals surface area (Å²) >= 11 is 0. The molecule has 1 aromatic carbocycles. The Balaban J connectivity index is 2.51. The van der Waals surface area contributed by atoms with E-state index in [1.807, 2.05) is 17.0 Å². The van der Waals surface area contributed by atoms with Crippen molar-refractivity contribution in [1.82, 2.24) is 4.90 Å². The molecule has 4 nitrogen and oxygen atoms in total. The van der Waals surface area contributed by atoms with Gasteiger partial charge in [0.1, 0.15) is 5.70 Å². The van der Waals surface area contributed by atoms with Gasteiger partial charge in [-0.3, -0.25) is 0 Å². The maximum atomic E-state index is 12.0. The van der Waals surface area contributed by atoms with Crippen molar-refractivity contribution in [2.75, 3.05) is 7.11 Å².